The quantitative estimate of drug-likeness (QED) is 0.817. The zero-order valence-electron chi connectivity index (χ0n) is 8.03. The Morgan fingerprint density at radius 3 is 2.93 bits per heavy atom. The fraction of sp³-hybridized carbons (Fsp3) is 0.455. The molecule has 0 bridgehead atoms. The van der Waals surface area contributed by atoms with E-state index in [4.69, 9.17) is 16.3 Å². The predicted octanol–water partition coefficient (Wildman–Crippen LogP) is 2.93. The summed E-state index contributed by atoms with van der Waals surface area (Å²) in [5, 5.41) is 10.5. The summed E-state index contributed by atoms with van der Waals surface area (Å²) in [6.07, 6.45) is 1.19. The van der Waals surface area contributed by atoms with Crippen molar-refractivity contribution >= 4 is 11.6 Å². The van der Waals surface area contributed by atoms with Gasteiger partial charge in [-0.3, -0.25) is 0 Å². The number of aliphatic hydroxyl groups excluding tert-OH is 1. The van der Waals surface area contributed by atoms with E-state index in [1.807, 2.05) is 12.1 Å². The van der Waals surface area contributed by atoms with Crippen molar-refractivity contribution in [2.75, 3.05) is 0 Å². The van der Waals surface area contributed by atoms with E-state index in [1.54, 1.807) is 6.07 Å². The van der Waals surface area contributed by atoms with E-state index in [2.05, 4.69) is 6.92 Å². The summed E-state index contributed by atoms with van der Waals surface area (Å²) >= 11 is 5.96. The van der Waals surface area contributed by atoms with Crippen LogP contribution in [0.3, 0.4) is 0 Å². The van der Waals surface area contributed by atoms with Crippen molar-refractivity contribution in [3.05, 3.63) is 28.8 Å². The summed E-state index contributed by atoms with van der Waals surface area (Å²) in [4.78, 5) is 0. The average Bonchev–Trinajstić information content (AvgIpc) is 2.48. The molecule has 1 aromatic carbocycles. The minimum atomic E-state index is -0.524. The molecule has 0 fully saturated rings. The van der Waals surface area contributed by atoms with Crippen molar-refractivity contribution < 1.29 is 9.84 Å². The highest BCUT2D eigenvalue weighted by molar-refractivity contribution is 6.32. The Kier molecular flexibility index (Phi) is 2.66. The third kappa shape index (κ3) is 1.49. The molecule has 0 saturated carbocycles. The van der Waals surface area contributed by atoms with Gasteiger partial charge in [-0.05, 0) is 12.5 Å². The van der Waals surface area contributed by atoms with Gasteiger partial charge in [0.2, 0.25) is 0 Å². The van der Waals surface area contributed by atoms with Gasteiger partial charge in [-0.1, -0.05) is 37.1 Å². The fourth-order valence-electron chi connectivity index (χ4n) is 1.80. The number of ether oxygens (including phenoxy) is 1. The van der Waals surface area contributed by atoms with Crippen LogP contribution >= 0.6 is 11.6 Å². The number of benzene rings is 1. The average molecular weight is 213 g/mol. The van der Waals surface area contributed by atoms with Crippen molar-refractivity contribution in [2.45, 2.75) is 32.0 Å². The van der Waals surface area contributed by atoms with Gasteiger partial charge in [0.1, 0.15) is 18.0 Å². The van der Waals surface area contributed by atoms with E-state index >= 15 is 0 Å². The second-order valence-corrected chi connectivity index (χ2v) is 3.96. The maximum atomic E-state index is 9.91. The topological polar surface area (TPSA) is 29.5 Å². The summed E-state index contributed by atoms with van der Waals surface area (Å²) in [6, 6.07) is 5.48. The van der Waals surface area contributed by atoms with Gasteiger partial charge in [0.15, 0.2) is 0 Å². The first-order chi connectivity index (χ1) is 6.74. The molecule has 1 heterocycles. The molecular formula is C11H13ClO2. The van der Waals surface area contributed by atoms with Crippen LogP contribution < -0.4 is 4.74 Å². The number of rotatable bonds is 2. The highest BCUT2D eigenvalue weighted by Gasteiger charge is 2.33. The maximum absolute atomic E-state index is 9.91. The SMILES string of the molecule is CCCC1Oc2c(Cl)cccc2C1O. The zero-order chi connectivity index (χ0) is 10.1. The summed E-state index contributed by atoms with van der Waals surface area (Å²) in [6.45, 7) is 2.07. The highest BCUT2D eigenvalue weighted by atomic mass is 35.5. The van der Waals surface area contributed by atoms with Crippen molar-refractivity contribution in [1.29, 1.82) is 0 Å². The summed E-state index contributed by atoms with van der Waals surface area (Å²) < 4.78 is 5.61. The van der Waals surface area contributed by atoms with E-state index in [0.717, 1.165) is 18.4 Å². The molecule has 1 aliphatic heterocycles. The summed E-state index contributed by atoms with van der Waals surface area (Å²) in [7, 11) is 0. The third-order valence-electron chi connectivity index (χ3n) is 2.51. The molecule has 76 valence electrons. The van der Waals surface area contributed by atoms with Gasteiger partial charge < -0.3 is 9.84 Å². The van der Waals surface area contributed by atoms with Crippen molar-refractivity contribution in [3.8, 4) is 5.75 Å². The lowest BCUT2D eigenvalue weighted by Gasteiger charge is -2.12. The van der Waals surface area contributed by atoms with Crippen LogP contribution in [-0.2, 0) is 0 Å². The summed E-state index contributed by atoms with van der Waals surface area (Å²) in [5.74, 6) is 0.653. The van der Waals surface area contributed by atoms with Crippen LogP contribution in [0, 0.1) is 0 Å². The second-order valence-electron chi connectivity index (χ2n) is 3.55. The Morgan fingerprint density at radius 2 is 2.29 bits per heavy atom. The number of fused-ring (bicyclic) bond motifs is 1. The Morgan fingerprint density at radius 1 is 1.50 bits per heavy atom. The molecule has 0 radical (unpaired) electrons. The molecule has 3 heteroatoms. The molecule has 0 spiro atoms. The summed E-state index contributed by atoms with van der Waals surface area (Å²) in [5.41, 5.74) is 0.816. The molecule has 2 nitrogen and oxygen atoms in total. The molecule has 2 atom stereocenters. The number of halogens is 1. The molecule has 0 amide bonds. The third-order valence-corrected chi connectivity index (χ3v) is 2.81. The molecule has 14 heavy (non-hydrogen) atoms. The van der Waals surface area contributed by atoms with Crippen LogP contribution in [0.25, 0.3) is 0 Å². The minimum absolute atomic E-state index is 0.130. The van der Waals surface area contributed by atoms with Gasteiger partial charge in [0.25, 0.3) is 0 Å². The molecule has 1 N–H and O–H groups in total. The van der Waals surface area contributed by atoms with E-state index < -0.39 is 6.10 Å². The maximum Gasteiger partial charge on any atom is 0.144 e. The van der Waals surface area contributed by atoms with Crippen LogP contribution in [0.1, 0.15) is 31.4 Å². The normalized spacial score (nSPS) is 24.5. The monoisotopic (exact) mass is 212 g/mol. The largest absolute Gasteiger partial charge is 0.485 e. The standard InChI is InChI=1S/C11H13ClO2/c1-2-4-9-10(13)7-5-3-6-8(12)11(7)14-9/h3,5-6,9-10,13H,2,4H2,1H3. The van der Waals surface area contributed by atoms with Crippen LogP contribution in [0.5, 0.6) is 5.75 Å². The molecule has 1 aliphatic rings. The van der Waals surface area contributed by atoms with Crippen LogP contribution in [0.15, 0.2) is 18.2 Å². The van der Waals surface area contributed by atoms with Gasteiger partial charge in [0.05, 0.1) is 5.02 Å². The fourth-order valence-corrected chi connectivity index (χ4v) is 2.03. The van der Waals surface area contributed by atoms with Crippen molar-refractivity contribution in [2.24, 2.45) is 0 Å². The molecule has 2 unspecified atom stereocenters. The Labute approximate surface area is 88.5 Å². The first-order valence-electron chi connectivity index (χ1n) is 4.87. The Bertz CT molecular complexity index is 338. The van der Waals surface area contributed by atoms with Crippen LogP contribution in [0.4, 0.5) is 0 Å². The van der Waals surface area contributed by atoms with Gasteiger partial charge in [-0.25, -0.2) is 0 Å². The molecule has 0 aromatic heterocycles. The molecular weight excluding hydrogens is 200 g/mol. The van der Waals surface area contributed by atoms with Gasteiger partial charge in [-0.15, -0.1) is 0 Å². The molecule has 1 aromatic rings. The van der Waals surface area contributed by atoms with Crippen molar-refractivity contribution in [3.63, 3.8) is 0 Å². The predicted molar refractivity (Wildman–Crippen MR) is 55.7 cm³/mol. The first-order valence-corrected chi connectivity index (χ1v) is 5.25. The van der Waals surface area contributed by atoms with Gasteiger partial charge >= 0.3 is 0 Å². The molecule has 0 saturated heterocycles. The number of hydrogen-bond acceptors (Lipinski definition) is 2. The minimum Gasteiger partial charge on any atom is -0.485 e. The van der Waals surface area contributed by atoms with E-state index in [1.165, 1.54) is 0 Å². The van der Waals surface area contributed by atoms with Gasteiger partial charge in [-0.2, -0.15) is 0 Å². The van der Waals surface area contributed by atoms with Crippen LogP contribution in [0.2, 0.25) is 5.02 Å². The van der Waals surface area contributed by atoms with E-state index in [0.29, 0.717) is 10.8 Å². The number of para-hydroxylation sites is 1. The first kappa shape index (κ1) is 9.81. The highest BCUT2D eigenvalue weighted by Crippen LogP contribution is 2.42. The van der Waals surface area contributed by atoms with E-state index in [-0.39, 0.29) is 6.10 Å². The smallest absolute Gasteiger partial charge is 0.144 e. The second kappa shape index (κ2) is 3.79. The number of aliphatic hydroxyl groups is 1. The van der Waals surface area contributed by atoms with Crippen molar-refractivity contribution in [1.82, 2.24) is 0 Å². The van der Waals surface area contributed by atoms with E-state index in [9.17, 15) is 5.11 Å². The Hall–Kier alpha value is -0.730. The Balaban J connectivity index is 2.30. The molecule has 2 rings (SSSR count). The zero-order valence-corrected chi connectivity index (χ0v) is 8.79. The molecule has 0 aliphatic carbocycles. The van der Waals surface area contributed by atoms with Crippen LogP contribution in [-0.4, -0.2) is 11.2 Å². The lowest BCUT2D eigenvalue weighted by atomic mass is 10.0. The number of hydrogen-bond donors (Lipinski definition) is 1. The lowest BCUT2D eigenvalue weighted by molar-refractivity contribution is 0.0617. The lowest BCUT2D eigenvalue weighted by Crippen LogP contribution is -2.17. The van der Waals surface area contributed by atoms with Gasteiger partial charge in [0, 0.05) is 5.56 Å².